The Morgan fingerprint density at radius 3 is 2.34 bits per heavy atom. The number of aromatic nitrogens is 1. The first kappa shape index (κ1) is 21.3. The van der Waals surface area contributed by atoms with Crippen LogP contribution in [-0.4, -0.2) is 28.7 Å². The molecule has 0 saturated heterocycles. The molecule has 0 atom stereocenters. The van der Waals surface area contributed by atoms with Crippen LogP contribution >= 0.6 is 0 Å². The molecule has 3 aromatic carbocycles. The lowest BCUT2D eigenvalue weighted by Gasteiger charge is -2.10. The number of ether oxygens (including phenoxy) is 2. The second-order valence-electron chi connectivity index (χ2n) is 7.29. The number of Topliss-reactive ketones (excluding diaryl/α,β-unsaturated/α-hetero) is 1. The van der Waals surface area contributed by atoms with Crippen LogP contribution in [0.15, 0.2) is 89.9 Å². The number of ketones is 1. The summed E-state index contributed by atoms with van der Waals surface area (Å²) >= 11 is 0. The molecule has 0 radical (unpaired) electrons. The van der Waals surface area contributed by atoms with Gasteiger partial charge in [-0.25, -0.2) is 0 Å². The molecule has 0 unspecified atom stereocenters. The fourth-order valence-electron chi connectivity index (χ4n) is 3.37. The van der Waals surface area contributed by atoms with E-state index in [0.717, 1.165) is 22.6 Å². The normalized spacial score (nSPS) is 10.8. The van der Waals surface area contributed by atoms with Gasteiger partial charge in [-0.15, -0.1) is 0 Å². The van der Waals surface area contributed by atoms with Crippen molar-refractivity contribution in [1.82, 2.24) is 4.57 Å². The molecule has 162 valence electrons. The molecule has 0 aliphatic rings. The molecule has 0 spiro atoms. The van der Waals surface area contributed by atoms with Gasteiger partial charge in [0.25, 0.3) is 5.56 Å². The van der Waals surface area contributed by atoms with Crippen molar-refractivity contribution in [3.8, 4) is 17.2 Å². The van der Waals surface area contributed by atoms with E-state index in [2.05, 4.69) is 0 Å². The summed E-state index contributed by atoms with van der Waals surface area (Å²) in [6, 6.07) is 23.7. The third kappa shape index (κ3) is 5.04. The van der Waals surface area contributed by atoms with Crippen molar-refractivity contribution in [3.63, 3.8) is 0 Å². The number of fused-ring (bicyclic) bond motifs is 1. The molecule has 0 fully saturated rings. The van der Waals surface area contributed by atoms with Crippen LogP contribution in [0.25, 0.3) is 10.8 Å². The fraction of sp³-hybridized carbons (Fsp3) is 0.154. The number of carbonyl (C=O) groups is 1. The molecule has 32 heavy (non-hydrogen) atoms. The third-order valence-electron chi connectivity index (χ3n) is 5.06. The average molecular weight is 429 g/mol. The molecular formula is C26H23NO5. The average Bonchev–Trinajstić information content (AvgIpc) is 2.84. The monoisotopic (exact) mass is 429 g/mol. The lowest BCUT2D eigenvalue weighted by molar-refractivity contribution is 0.0904. The van der Waals surface area contributed by atoms with Gasteiger partial charge in [-0.05, 0) is 60.3 Å². The van der Waals surface area contributed by atoms with E-state index >= 15 is 0 Å². The van der Waals surface area contributed by atoms with Gasteiger partial charge < -0.3 is 19.1 Å². The van der Waals surface area contributed by atoms with Gasteiger partial charge in [0.15, 0.2) is 5.78 Å². The molecule has 1 heterocycles. The summed E-state index contributed by atoms with van der Waals surface area (Å²) in [6.45, 7) is 0.359. The van der Waals surface area contributed by atoms with E-state index in [1.807, 2.05) is 60.7 Å². The van der Waals surface area contributed by atoms with Crippen molar-refractivity contribution in [2.45, 2.75) is 13.0 Å². The van der Waals surface area contributed by atoms with Crippen molar-refractivity contribution in [2.24, 2.45) is 0 Å². The van der Waals surface area contributed by atoms with Crippen LogP contribution in [0.4, 0.5) is 0 Å². The molecule has 1 aromatic heterocycles. The van der Waals surface area contributed by atoms with Gasteiger partial charge in [-0.3, -0.25) is 9.59 Å². The molecule has 0 amide bonds. The number of nitrogens with zero attached hydrogens (tertiary/aromatic N) is 1. The lowest BCUT2D eigenvalue weighted by Crippen LogP contribution is -2.21. The van der Waals surface area contributed by atoms with Gasteiger partial charge >= 0.3 is 0 Å². The van der Waals surface area contributed by atoms with Crippen LogP contribution in [0.5, 0.6) is 17.2 Å². The summed E-state index contributed by atoms with van der Waals surface area (Å²) in [4.78, 5) is 24.5. The number of para-hydroxylation sites is 1. The van der Waals surface area contributed by atoms with Crippen LogP contribution in [0, 0.1) is 0 Å². The Hall–Kier alpha value is -3.90. The summed E-state index contributed by atoms with van der Waals surface area (Å²) in [5.41, 5.74) is 0.162. The van der Waals surface area contributed by atoms with Gasteiger partial charge in [0, 0.05) is 23.7 Å². The maximum Gasteiger partial charge on any atom is 0.258 e. The number of hydrogen-bond acceptors (Lipinski definition) is 5. The first-order valence-electron chi connectivity index (χ1n) is 10.4. The highest BCUT2D eigenvalue weighted by molar-refractivity contribution is 6.00. The van der Waals surface area contributed by atoms with E-state index in [0.29, 0.717) is 30.5 Å². The number of carbonyl (C=O) groups excluding carboxylic acids is 1. The highest BCUT2D eigenvalue weighted by Gasteiger charge is 2.08. The predicted molar refractivity (Wildman–Crippen MR) is 123 cm³/mol. The first-order valence-corrected chi connectivity index (χ1v) is 10.4. The molecule has 0 bridgehead atoms. The first-order chi connectivity index (χ1) is 15.6. The summed E-state index contributed by atoms with van der Waals surface area (Å²) in [7, 11) is 0. The van der Waals surface area contributed by atoms with Crippen LogP contribution in [-0.2, 0) is 6.54 Å². The van der Waals surface area contributed by atoms with Crippen molar-refractivity contribution in [2.75, 3.05) is 13.2 Å². The van der Waals surface area contributed by atoms with E-state index in [1.54, 1.807) is 29.0 Å². The topological polar surface area (TPSA) is 77.8 Å². The van der Waals surface area contributed by atoms with Crippen LogP contribution in [0.2, 0.25) is 0 Å². The quantitative estimate of drug-likeness (QED) is 0.314. The minimum Gasteiger partial charge on any atom is -0.494 e. The summed E-state index contributed by atoms with van der Waals surface area (Å²) in [5.74, 6) is 1.82. The number of benzene rings is 3. The zero-order valence-corrected chi connectivity index (χ0v) is 17.4. The standard InChI is InChI=1S/C26H23NO5/c28-18-25(29)20-8-7-19-13-15-27(26(30)24(19)17-20)14-4-16-31-21-9-11-23(12-10-21)32-22-5-2-1-3-6-22/h1-3,5-13,15,17,28H,4,14,16,18H2. The zero-order chi connectivity index (χ0) is 22.3. The Kier molecular flexibility index (Phi) is 6.63. The minimum atomic E-state index is -0.580. The smallest absolute Gasteiger partial charge is 0.258 e. The summed E-state index contributed by atoms with van der Waals surface area (Å²) < 4.78 is 13.2. The Morgan fingerprint density at radius 2 is 1.59 bits per heavy atom. The van der Waals surface area contributed by atoms with Crippen molar-refractivity contribution in [1.29, 1.82) is 0 Å². The van der Waals surface area contributed by atoms with Crippen molar-refractivity contribution >= 4 is 16.6 Å². The van der Waals surface area contributed by atoms with Gasteiger partial charge in [-0.2, -0.15) is 0 Å². The third-order valence-corrected chi connectivity index (χ3v) is 5.06. The largest absolute Gasteiger partial charge is 0.494 e. The van der Waals surface area contributed by atoms with E-state index in [1.165, 1.54) is 0 Å². The minimum absolute atomic E-state index is 0.169. The number of rotatable bonds is 9. The van der Waals surface area contributed by atoms with E-state index in [4.69, 9.17) is 14.6 Å². The second kappa shape index (κ2) is 9.94. The molecule has 4 aromatic rings. The number of hydrogen-bond donors (Lipinski definition) is 1. The Labute approximate surface area is 185 Å². The number of aliphatic hydroxyl groups is 1. The fourth-order valence-corrected chi connectivity index (χ4v) is 3.37. The van der Waals surface area contributed by atoms with Crippen molar-refractivity contribution in [3.05, 3.63) is 101 Å². The highest BCUT2D eigenvalue weighted by Crippen LogP contribution is 2.23. The predicted octanol–water partition coefficient (Wildman–Crippen LogP) is 4.44. The van der Waals surface area contributed by atoms with Crippen molar-refractivity contribution < 1.29 is 19.4 Å². The summed E-state index contributed by atoms with van der Waals surface area (Å²) in [6.07, 6.45) is 2.39. The SMILES string of the molecule is O=C(CO)c1ccc2ccn(CCCOc3ccc(Oc4ccccc4)cc3)c(=O)c2c1. The number of aryl methyl sites for hydroxylation is 1. The van der Waals surface area contributed by atoms with E-state index in [-0.39, 0.29) is 5.56 Å². The molecule has 1 N–H and O–H groups in total. The Balaban J connectivity index is 1.33. The Bertz CT molecular complexity index is 1260. The number of aliphatic hydroxyl groups excluding tert-OH is 1. The lowest BCUT2D eigenvalue weighted by atomic mass is 10.1. The Morgan fingerprint density at radius 1 is 0.875 bits per heavy atom. The molecule has 0 saturated carbocycles. The van der Waals surface area contributed by atoms with Crippen LogP contribution < -0.4 is 15.0 Å². The van der Waals surface area contributed by atoms with Gasteiger partial charge in [0.2, 0.25) is 0 Å². The number of pyridine rings is 1. The highest BCUT2D eigenvalue weighted by atomic mass is 16.5. The van der Waals surface area contributed by atoms with E-state index in [9.17, 15) is 9.59 Å². The molecule has 0 aliphatic heterocycles. The van der Waals surface area contributed by atoms with Gasteiger partial charge in [-0.1, -0.05) is 30.3 Å². The zero-order valence-electron chi connectivity index (χ0n) is 17.4. The van der Waals surface area contributed by atoms with Gasteiger partial charge in [0.05, 0.1) is 6.61 Å². The van der Waals surface area contributed by atoms with Gasteiger partial charge in [0.1, 0.15) is 23.9 Å². The molecule has 6 heteroatoms. The maximum absolute atomic E-state index is 12.8. The second-order valence-corrected chi connectivity index (χ2v) is 7.29. The maximum atomic E-state index is 12.8. The molecular weight excluding hydrogens is 406 g/mol. The van der Waals surface area contributed by atoms with E-state index < -0.39 is 12.4 Å². The molecule has 0 aliphatic carbocycles. The molecule has 4 rings (SSSR count). The molecule has 6 nitrogen and oxygen atoms in total. The van der Waals surface area contributed by atoms with Crippen LogP contribution in [0.1, 0.15) is 16.8 Å². The van der Waals surface area contributed by atoms with Crippen LogP contribution in [0.3, 0.4) is 0 Å². The summed E-state index contributed by atoms with van der Waals surface area (Å²) in [5, 5.41) is 10.3.